The van der Waals surface area contributed by atoms with Crippen molar-refractivity contribution in [2.24, 2.45) is 11.8 Å². The molecule has 0 amide bonds. The molecule has 0 saturated heterocycles. The van der Waals surface area contributed by atoms with Crippen LogP contribution in [0.2, 0.25) is 0 Å². The molecule has 3 atom stereocenters. The van der Waals surface area contributed by atoms with E-state index in [2.05, 4.69) is 31.2 Å². The van der Waals surface area contributed by atoms with Gasteiger partial charge in [0.25, 0.3) is 0 Å². The van der Waals surface area contributed by atoms with Crippen LogP contribution in [-0.4, -0.2) is 0 Å². The lowest BCUT2D eigenvalue weighted by atomic mass is 9.65. The van der Waals surface area contributed by atoms with E-state index in [1.165, 1.54) is 32.1 Å². The first-order chi connectivity index (χ1) is 7.36. The fourth-order valence-electron chi connectivity index (χ4n) is 3.75. The summed E-state index contributed by atoms with van der Waals surface area (Å²) >= 11 is 0. The molecule has 80 valence electrons. The minimum atomic E-state index is 0.888. The fraction of sp³-hybridized carbons (Fsp3) is 0.600. The molecule has 1 aromatic carbocycles. The molecule has 2 aliphatic rings. The van der Waals surface area contributed by atoms with Gasteiger partial charge in [0, 0.05) is 0 Å². The summed E-state index contributed by atoms with van der Waals surface area (Å²) in [6, 6.07) is 9.14. The Balaban J connectivity index is 1.94. The van der Waals surface area contributed by atoms with Crippen LogP contribution >= 0.6 is 0 Å². The van der Waals surface area contributed by atoms with E-state index in [1.54, 1.807) is 11.1 Å². The van der Waals surface area contributed by atoms with Crippen LogP contribution < -0.4 is 0 Å². The van der Waals surface area contributed by atoms with Crippen LogP contribution in [0.5, 0.6) is 0 Å². The molecule has 3 unspecified atom stereocenters. The van der Waals surface area contributed by atoms with E-state index in [0.717, 1.165) is 17.8 Å². The molecule has 0 spiro atoms. The molecule has 1 aromatic rings. The van der Waals surface area contributed by atoms with Crippen LogP contribution in [0.4, 0.5) is 0 Å². The molecule has 0 aromatic heterocycles. The van der Waals surface area contributed by atoms with Crippen molar-refractivity contribution in [1.82, 2.24) is 0 Å². The van der Waals surface area contributed by atoms with E-state index in [4.69, 9.17) is 0 Å². The largest absolute Gasteiger partial charge is 0.0651 e. The Hall–Kier alpha value is -0.780. The monoisotopic (exact) mass is 200 g/mol. The Morgan fingerprint density at radius 2 is 2.00 bits per heavy atom. The lowest BCUT2D eigenvalue weighted by Crippen LogP contribution is -2.27. The van der Waals surface area contributed by atoms with Gasteiger partial charge in [-0.3, -0.25) is 0 Å². The van der Waals surface area contributed by atoms with Gasteiger partial charge in [-0.2, -0.15) is 0 Å². The first-order valence-electron chi connectivity index (χ1n) is 6.44. The molecule has 0 radical (unpaired) electrons. The van der Waals surface area contributed by atoms with Gasteiger partial charge in [-0.1, -0.05) is 37.6 Å². The number of hydrogen-bond donors (Lipinski definition) is 0. The number of benzene rings is 1. The molecular formula is C15H20. The van der Waals surface area contributed by atoms with E-state index in [0.29, 0.717) is 0 Å². The van der Waals surface area contributed by atoms with Crippen molar-refractivity contribution < 1.29 is 0 Å². The molecule has 0 N–H and O–H groups in total. The van der Waals surface area contributed by atoms with Gasteiger partial charge in [0.2, 0.25) is 0 Å². The van der Waals surface area contributed by atoms with Gasteiger partial charge in [-0.25, -0.2) is 0 Å². The first-order valence-corrected chi connectivity index (χ1v) is 6.44. The third-order valence-electron chi connectivity index (χ3n) is 4.48. The Labute approximate surface area is 92.7 Å². The third kappa shape index (κ3) is 1.60. The number of fused-ring (bicyclic) bond motifs is 4. The van der Waals surface area contributed by atoms with Crippen molar-refractivity contribution in [3.8, 4) is 0 Å². The summed E-state index contributed by atoms with van der Waals surface area (Å²) in [6.45, 7) is 2.36. The number of rotatable bonds is 1. The molecule has 3 rings (SSSR count). The van der Waals surface area contributed by atoms with Gasteiger partial charge >= 0.3 is 0 Å². The van der Waals surface area contributed by atoms with E-state index < -0.39 is 0 Å². The third-order valence-corrected chi connectivity index (χ3v) is 4.48. The predicted octanol–water partition coefficient (Wildman–Crippen LogP) is 4.15. The lowest BCUT2D eigenvalue weighted by Gasteiger charge is -2.40. The second-order valence-electron chi connectivity index (χ2n) is 5.45. The second kappa shape index (κ2) is 3.66. The zero-order valence-electron chi connectivity index (χ0n) is 9.58. The summed E-state index contributed by atoms with van der Waals surface area (Å²) in [6.07, 6.45) is 7.14. The van der Waals surface area contributed by atoms with E-state index in [1.807, 2.05) is 0 Å². The highest BCUT2D eigenvalue weighted by molar-refractivity contribution is 5.34. The van der Waals surface area contributed by atoms with Crippen LogP contribution in [0.3, 0.4) is 0 Å². The van der Waals surface area contributed by atoms with Crippen LogP contribution in [0.25, 0.3) is 0 Å². The summed E-state index contributed by atoms with van der Waals surface area (Å²) in [5.74, 6) is 2.88. The smallest absolute Gasteiger partial charge is 0.0154 e. The van der Waals surface area contributed by atoms with Crippen LogP contribution in [0.15, 0.2) is 24.3 Å². The molecule has 0 aliphatic heterocycles. The molecule has 2 aliphatic carbocycles. The van der Waals surface area contributed by atoms with Gasteiger partial charge < -0.3 is 0 Å². The molecule has 0 nitrogen and oxygen atoms in total. The van der Waals surface area contributed by atoms with Gasteiger partial charge in [-0.15, -0.1) is 0 Å². The number of hydrogen-bond acceptors (Lipinski definition) is 0. The standard InChI is InChI=1S/C15H20/c1-2-11-7-12-9-13-5-3-4-6-15(13)14(8-11)10-12/h3-6,11-12,14H,2,7-10H2,1H3. The quantitative estimate of drug-likeness (QED) is 0.638. The van der Waals surface area contributed by atoms with Crippen LogP contribution in [-0.2, 0) is 6.42 Å². The summed E-state index contributed by atoms with van der Waals surface area (Å²) < 4.78 is 0. The molecule has 2 bridgehead atoms. The molecule has 1 saturated carbocycles. The first kappa shape index (κ1) is 9.45. The maximum absolute atomic E-state index is 2.37. The van der Waals surface area contributed by atoms with Gasteiger partial charge in [0.15, 0.2) is 0 Å². The highest BCUT2D eigenvalue weighted by Gasteiger charge is 2.33. The normalized spacial score (nSPS) is 33.5. The van der Waals surface area contributed by atoms with Crippen molar-refractivity contribution in [2.75, 3.05) is 0 Å². The molecule has 0 heterocycles. The SMILES string of the molecule is CCC1CC2Cc3ccccc3C(C1)C2. The fourth-order valence-corrected chi connectivity index (χ4v) is 3.75. The van der Waals surface area contributed by atoms with Crippen LogP contribution in [0.1, 0.15) is 49.7 Å². The Bertz CT molecular complexity index is 353. The Kier molecular flexibility index (Phi) is 2.31. The summed E-state index contributed by atoms with van der Waals surface area (Å²) in [5.41, 5.74) is 3.32. The van der Waals surface area contributed by atoms with Crippen molar-refractivity contribution >= 4 is 0 Å². The van der Waals surface area contributed by atoms with Crippen molar-refractivity contribution in [3.05, 3.63) is 35.4 Å². The van der Waals surface area contributed by atoms with Gasteiger partial charge in [0.05, 0.1) is 0 Å². The summed E-state index contributed by atoms with van der Waals surface area (Å²) in [5, 5.41) is 0. The van der Waals surface area contributed by atoms with E-state index >= 15 is 0 Å². The maximum Gasteiger partial charge on any atom is -0.0154 e. The van der Waals surface area contributed by atoms with E-state index in [9.17, 15) is 0 Å². The minimum absolute atomic E-state index is 0.888. The molecular weight excluding hydrogens is 180 g/mol. The minimum Gasteiger partial charge on any atom is -0.0651 e. The van der Waals surface area contributed by atoms with Crippen molar-refractivity contribution in [3.63, 3.8) is 0 Å². The molecule has 0 heteroatoms. The maximum atomic E-state index is 2.37. The predicted molar refractivity (Wildman–Crippen MR) is 64.0 cm³/mol. The highest BCUT2D eigenvalue weighted by Crippen LogP contribution is 2.46. The van der Waals surface area contributed by atoms with Crippen molar-refractivity contribution in [2.45, 2.75) is 44.9 Å². The van der Waals surface area contributed by atoms with Crippen molar-refractivity contribution in [1.29, 1.82) is 0 Å². The Morgan fingerprint density at radius 1 is 1.13 bits per heavy atom. The lowest BCUT2D eigenvalue weighted by molar-refractivity contribution is 0.217. The molecule has 1 fully saturated rings. The van der Waals surface area contributed by atoms with Gasteiger partial charge in [0.1, 0.15) is 0 Å². The Morgan fingerprint density at radius 3 is 2.87 bits per heavy atom. The zero-order valence-corrected chi connectivity index (χ0v) is 9.58. The van der Waals surface area contributed by atoms with Crippen LogP contribution in [0, 0.1) is 11.8 Å². The zero-order chi connectivity index (χ0) is 10.3. The average molecular weight is 200 g/mol. The van der Waals surface area contributed by atoms with E-state index in [-0.39, 0.29) is 0 Å². The second-order valence-corrected chi connectivity index (χ2v) is 5.45. The summed E-state index contributed by atoms with van der Waals surface area (Å²) in [7, 11) is 0. The summed E-state index contributed by atoms with van der Waals surface area (Å²) in [4.78, 5) is 0. The average Bonchev–Trinajstić information content (AvgIpc) is 2.28. The highest BCUT2D eigenvalue weighted by atomic mass is 14.4. The van der Waals surface area contributed by atoms with Gasteiger partial charge in [-0.05, 0) is 54.6 Å². The molecule has 15 heavy (non-hydrogen) atoms. The topological polar surface area (TPSA) is 0 Å².